The lowest BCUT2D eigenvalue weighted by Gasteiger charge is -2.11. The van der Waals surface area contributed by atoms with Crippen molar-refractivity contribution in [1.82, 2.24) is 35.5 Å². The van der Waals surface area contributed by atoms with Crippen LogP contribution in [0.2, 0.25) is 0 Å². The van der Waals surface area contributed by atoms with E-state index in [2.05, 4.69) is 36.9 Å². The monoisotopic (exact) mass is 392 g/mol. The summed E-state index contributed by atoms with van der Waals surface area (Å²) in [5.74, 6) is 0.594. The molecule has 0 bridgehead atoms. The number of aromatic nitrogens is 6. The summed E-state index contributed by atoms with van der Waals surface area (Å²) >= 11 is 0. The number of hydrogen-bond acceptors (Lipinski definition) is 6. The van der Waals surface area contributed by atoms with Crippen LogP contribution in [0.15, 0.2) is 36.7 Å². The standard InChI is InChI=1S/C20H21FN8/c21-17-5-12(3-15(6-17)14-1-2-23-9-14)10-29-11-13(8-24-29)4-16-7-18(22)25-20-19(16)26-28-27-20/h3,5-8,11,14,23H,1-2,4,9-10H2,(H3,22,25,26,27,28)/t14-/m1/s1. The maximum atomic E-state index is 14.1. The Morgan fingerprint density at radius 1 is 1.21 bits per heavy atom. The first-order chi connectivity index (χ1) is 14.1. The average molecular weight is 392 g/mol. The molecule has 0 aliphatic carbocycles. The number of pyridine rings is 1. The molecule has 1 aromatic carbocycles. The Morgan fingerprint density at radius 2 is 2.14 bits per heavy atom. The number of aromatic amines is 1. The van der Waals surface area contributed by atoms with Gasteiger partial charge >= 0.3 is 0 Å². The number of anilines is 1. The van der Waals surface area contributed by atoms with Crippen molar-refractivity contribution in [3.8, 4) is 0 Å². The van der Waals surface area contributed by atoms with Crippen LogP contribution in [-0.4, -0.2) is 43.3 Å². The molecule has 1 aliphatic rings. The van der Waals surface area contributed by atoms with Crippen LogP contribution >= 0.6 is 0 Å². The van der Waals surface area contributed by atoms with Crippen LogP contribution in [-0.2, 0) is 13.0 Å². The number of nitrogen functional groups attached to an aromatic ring is 1. The first-order valence-corrected chi connectivity index (χ1v) is 9.61. The molecule has 0 spiro atoms. The molecular formula is C20H21FN8. The quantitative estimate of drug-likeness (QED) is 0.479. The molecule has 8 nitrogen and oxygen atoms in total. The summed E-state index contributed by atoms with van der Waals surface area (Å²) in [4.78, 5) is 4.18. The molecule has 1 aliphatic heterocycles. The van der Waals surface area contributed by atoms with E-state index >= 15 is 0 Å². The van der Waals surface area contributed by atoms with Gasteiger partial charge in [-0.05, 0) is 59.3 Å². The molecule has 1 atom stereocenters. The van der Waals surface area contributed by atoms with Crippen LogP contribution in [0.1, 0.15) is 34.6 Å². The number of rotatable bonds is 5. The summed E-state index contributed by atoms with van der Waals surface area (Å²) in [6, 6.07) is 7.11. The van der Waals surface area contributed by atoms with Crippen molar-refractivity contribution < 1.29 is 4.39 Å². The molecule has 1 saturated heterocycles. The molecule has 9 heteroatoms. The molecule has 3 aromatic heterocycles. The molecule has 0 saturated carbocycles. The Morgan fingerprint density at radius 3 is 3.00 bits per heavy atom. The molecular weight excluding hydrogens is 371 g/mol. The van der Waals surface area contributed by atoms with Crippen molar-refractivity contribution in [2.24, 2.45) is 0 Å². The number of fused-ring (bicyclic) bond motifs is 1. The van der Waals surface area contributed by atoms with Gasteiger partial charge in [0.1, 0.15) is 17.2 Å². The van der Waals surface area contributed by atoms with Crippen molar-refractivity contribution in [2.45, 2.75) is 25.3 Å². The van der Waals surface area contributed by atoms with Crippen LogP contribution in [0.5, 0.6) is 0 Å². The van der Waals surface area contributed by atoms with Gasteiger partial charge in [-0.3, -0.25) is 4.68 Å². The topological polar surface area (TPSA) is 110 Å². The van der Waals surface area contributed by atoms with Crippen LogP contribution < -0.4 is 11.1 Å². The summed E-state index contributed by atoms with van der Waals surface area (Å²) in [6.07, 6.45) is 5.42. The van der Waals surface area contributed by atoms with Gasteiger partial charge < -0.3 is 11.1 Å². The van der Waals surface area contributed by atoms with E-state index in [1.165, 1.54) is 0 Å². The number of halogens is 1. The van der Waals surface area contributed by atoms with E-state index in [1.807, 2.05) is 17.1 Å². The minimum absolute atomic E-state index is 0.197. The molecule has 4 heterocycles. The first-order valence-electron chi connectivity index (χ1n) is 9.61. The van der Waals surface area contributed by atoms with E-state index < -0.39 is 0 Å². The molecule has 148 valence electrons. The highest BCUT2D eigenvalue weighted by molar-refractivity contribution is 5.76. The van der Waals surface area contributed by atoms with Gasteiger partial charge in [0.25, 0.3) is 0 Å². The lowest BCUT2D eigenvalue weighted by Crippen LogP contribution is -2.09. The molecule has 4 N–H and O–H groups in total. The summed E-state index contributed by atoms with van der Waals surface area (Å²) in [5.41, 5.74) is 11.1. The maximum absolute atomic E-state index is 14.1. The Kier molecular flexibility index (Phi) is 4.44. The zero-order valence-corrected chi connectivity index (χ0v) is 15.8. The van der Waals surface area contributed by atoms with Gasteiger partial charge in [0.2, 0.25) is 0 Å². The number of benzene rings is 1. The van der Waals surface area contributed by atoms with E-state index in [0.717, 1.165) is 41.8 Å². The van der Waals surface area contributed by atoms with Gasteiger partial charge in [0.15, 0.2) is 5.65 Å². The van der Waals surface area contributed by atoms with E-state index in [9.17, 15) is 4.39 Å². The van der Waals surface area contributed by atoms with E-state index in [-0.39, 0.29) is 5.82 Å². The Balaban J connectivity index is 1.36. The third-order valence-corrected chi connectivity index (χ3v) is 5.33. The van der Waals surface area contributed by atoms with Crippen molar-refractivity contribution >= 4 is 17.0 Å². The SMILES string of the molecule is Nc1cc(Cc2cnn(Cc3cc(F)cc([C@@H]4CCNC4)c3)c2)c2nn[nH]c2n1. The molecule has 0 unspecified atom stereocenters. The fraction of sp³-hybridized carbons (Fsp3) is 0.300. The number of hydrogen-bond donors (Lipinski definition) is 3. The number of nitrogens with one attached hydrogen (secondary N) is 2. The number of H-pyrrole nitrogens is 1. The number of nitrogens with zero attached hydrogens (tertiary/aromatic N) is 5. The van der Waals surface area contributed by atoms with Crippen molar-refractivity contribution in [3.05, 3.63) is 64.7 Å². The van der Waals surface area contributed by atoms with Gasteiger partial charge in [-0.2, -0.15) is 5.10 Å². The zero-order valence-electron chi connectivity index (χ0n) is 15.8. The highest BCUT2D eigenvalue weighted by Crippen LogP contribution is 2.25. The van der Waals surface area contributed by atoms with Crippen LogP contribution in [0, 0.1) is 5.82 Å². The summed E-state index contributed by atoms with van der Waals surface area (Å²) in [5, 5.41) is 18.4. The van der Waals surface area contributed by atoms with Crippen LogP contribution in [0.25, 0.3) is 11.2 Å². The van der Waals surface area contributed by atoms with Crippen molar-refractivity contribution in [2.75, 3.05) is 18.8 Å². The number of nitrogens with two attached hydrogens (primary N) is 1. The predicted octanol–water partition coefficient (Wildman–Crippen LogP) is 1.99. The molecule has 4 aromatic rings. The fourth-order valence-electron chi connectivity index (χ4n) is 3.99. The maximum Gasteiger partial charge on any atom is 0.178 e. The van der Waals surface area contributed by atoms with Gasteiger partial charge in [0.05, 0.1) is 12.7 Å². The Bertz CT molecular complexity index is 1160. The van der Waals surface area contributed by atoms with Gasteiger partial charge in [-0.1, -0.05) is 11.3 Å². The fourth-order valence-corrected chi connectivity index (χ4v) is 3.99. The lowest BCUT2D eigenvalue weighted by molar-refractivity contribution is 0.611. The largest absolute Gasteiger partial charge is 0.384 e. The summed E-state index contributed by atoms with van der Waals surface area (Å²) in [6.45, 7) is 2.40. The second kappa shape index (κ2) is 7.25. The third kappa shape index (κ3) is 3.68. The Hall–Kier alpha value is -3.33. The molecule has 1 fully saturated rings. The zero-order chi connectivity index (χ0) is 19.8. The molecule has 5 rings (SSSR count). The van der Waals surface area contributed by atoms with E-state index in [0.29, 0.717) is 35.9 Å². The first kappa shape index (κ1) is 17.7. The van der Waals surface area contributed by atoms with Gasteiger partial charge in [0, 0.05) is 19.2 Å². The molecule has 0 radical (unpaired) electrons. The van der Waals surface area contributed by atoms with Crippen molar-refractivity contribution in [1.29, 1.82) is 0 Å². The van der Waals surface area contributed by atoms with Crippen LogP contribution in [0.3, 0.4) is 0 Å². The van der Waals surface area contributed by atoms with E-state index in [4.69, 9.17) is 5.73 Å². The smallest absolute Gasteiger partial charge is 0.178 e. The molecule has 29 heavy (non-hydrogen) atoms. The lowest BCUT2D eigenvalue weighted by atomic mass is 9.96. The summed E-state index contributed by atoms with van der Waals surface area (Å²) < 4.78 is 16.0. The second-order valence-corrected chi connectivity index (χ2v) is 7.52. The third-order valence-electron chi connectivity index (χ3n) is 5.33. The molecule has 0 amide bonds. The minimum atomic E-state index is -0.197. The van der Waals surface area contributed by atoms with E-state index in [1.54, 1.807) is 18.2 Å². The summed E-state index contributed by atoms with van der Waals surface area (Å²) in [7, 11) is 0. The minimum Gasteiger partial charge on any atom is -0.384 e. The van der Waals surface area contributed by atoms with Crippen molar-refractivity contribution in [3.63, 3.8) is 0 Å². The normalized spacial score (nSPS) is 16.7. The second-order valence-electron chi connectivity index (χ2n) is 7.52. The highest BCUT2D eigenvalue weighted by Gasteiger charge is 2.18. The van der Waals surface area contributed by atoms with Gasteiger partial charge in [-0.25, -0.2) is 14.5 Å². The predicted molar refractivity (Wildman–Crippen MR) is 107 cm³/mol. The van der Waals surface area contributed by atoms with Crippen LogP contribution in [0.4, 0.5) is 10.2 Å². The Labute approximate surface area is 166 Å². The van der Waals surface area contributed by atoms with Gasteiger partial charge in [-0.15, -0.1) is 5.10 Å². The average Bonchev–Trinajstić information content (AvgIpc) is 3.43. The highest BCUT2D eigenvalue weighted by atomic mass is 19.1.